The number of nitrogens with one attached hydrogen (secondary N) is 1. The molecule has 0 unspecified atom stereocenters. The zero-order valence-electron chi connectivity index (χ0n) is 13.2. The van der Waals surface area contributed by atoms with Crippen LogP contribution >= 0.6 is 0 Å². The number of hydrogen-bond acceptors (Lipinski definition) is 6. The van der Waals surface area contributed by atoms with Crippen molar-refractivity contribution in [2.75, 3.05) is 0 Å². The first kappa shape index (κ1) is 19.1. The zero-order chi connectivity index (χ0) is 18.4. The van der Waals surface area contributed by atoms with Crippen LogP contribution in [-0.4, -0.2) is 37.5 Å². The number of carboxylic acid groups (broad SMARTS) is 1. The summed E-state index contributed by atoms with van der Waals surface area (Å²) in [5.74, 6) is -2.89. The molecule has 0 saturated heterocycles. The Kier molecular flexibility index (Phi) is 6.32. The van der Waals surface area contributed by atoms with Gasteiger partial charge >= 0.3 is 7.12 Å². The Morgan fingerprint density at radius 2 is 1.72 bits per heavy atom. The van der Waals surface area contributed by atoms with Gasteiger partial charge in [-0.15, -0.1) is 0 Å². The Morgan fingerprint density at radius 3 is 2.32 bits per heavy atom. The molecule has 0 bridgehead atoms. The standard InChI is InChI=1S/C16H18BNO6S/c19-16(20)14-8-4-7-13(9-14)10-15(17(21)22)18-25(23,24)11-12-5-2-1-3-6-12/h1-9,15,18,21-22H,10-11H2,(H,19,20)/p-1/t15-/m0/s1. The molecule has 0 fully saturated rings. The van der Waals surface area contributed by atoms with E-state index in [-0.39, 0.29) is 17.7 Å². The van der Waals surface area contributed by atoms with Gasteiger partial charge in [0.2, 0.25) is 10.0 Å². The van der Waals surface area contributed by atoms with Crippen molar-refractivity contribution in [2.24, 2.45) is 0 Å². The minimum Gasteiger partial charge on any atom is -0.545 e. The number of benzene rings is 2. The van der Waals surface area contributed by atoms with Crippen LogP contribution in [0.1, 0.15) is 21.5 Å². The molecule has 2 aromatic carbocycles. The Morgan fingerprint density at radius 1 is 1.08 bits per heavy atom. The second-order valence-electron chi connectivity index (χ2n) is 5.57. The van der Waals surface area contributed by atoms with Crippen molar-refractivity contribution in [2.45, 2.75) is 18.1 Å². The maximum absolute atomic E-state index is 12.2. The Balaban J connectivity index is 2.13. The molecule has 3 N–H and O–H groups in total. The molecular weight excluding hydrogens is 345 g/mol. The summed E-state index contributed by atoms with van der Waals surface area (Å²) < 4.78 is 26.7. The van der Waals surface area contributed by atoms with E-state index >= 15 is 0 Å². The summed E-state index contributed by atoms with van der Waals surface area (Å²) in [5.41, 5.74) is 0.915. The summed E-state index contributed by atoms with van der Waals surface area (Å²) in [6.07, 6.45) is -0.0905. The minimum atomic E-state index is -3.82. The number of hydrogen-bond donors (Lipinski definition) is 3. The second kappa shape index (κ2) is 8.26. The number of sulfonamides is 1. The van der Waals surface area contributed by atoms with Crippen molar-refractivity contribution in [3.63, 3.8) is 0 Å². The van der Waals surface area contributed by atoms with E-state index in [1.54, 1.807) is 36.4 Å². The molecular formula is C16H17BNO6S-. The molecule has 9 heteroatoms. The summed E-state index contributed by atoms with van der Waals surface area (Å²) in [5, 5.41) is 29.8. The number of aromatic carboxylic acids is 1. The van der Waals surface area contributed by atoms with Gasteiger partial charge < -0.3 is 19.9 Å². The zero-order valence-corrected chi connectivity index (χ0v) is 14.0. The first-order valence-corrected chi connectivity index (χ1v) is 9.12. The maximum atomic E-state index is 12.2. The molecule has 0 aliphatic heterocycles. The van der Waals surface area contributed by atoms with Gasteiger partial charge in [-0.05, 0) is 29.2 Å². The lowest BCUT2D eigenvalue weighted by atomic mass is 9.76. The summed E-state index contributed by atoms with van der Waals surface area (Å²) in [6, 6.07) is 14.1. The van der Waals surface area contributed by atoms with Crippen LogP contribution in [0, 0.1) is 0 Å². The van der Waals surface area contributed by atoms with Crippen LogP contribution in [0.15, 0.2) is 54.6 Å². The van der Waals surface area contributed by atoms with Gasteiger partial charge in [0.15, 0.2) is 0 Å². The van der Waals surface area contributed by atoms with E-state index in [9.17, 15) is 28.4 Å². The van der Waals surface area contributed by atoms with Crippen molar-refractivity contribution in [3.8, 4) is 0 Å². The predicted octanol–water partition coefficient (Wildman–Crippen LogP) is -0.907. The highest BCUT2D eigenvalue weighted by molar-refractivity contribution is 7.88. The Bertz CT molecular complexity index is 826. The highest BCUT2D eigenvalue weighted by Gasteiger charge is 2.28. The molecule has 1 atom stereocenters. The fourth-order valence-electron chi connectivity index (χ4n) is 2.35. The first-order chi connectivity index (χ1) is 11.8. The lowest BCUT2D eigenvalue weighted by Gasteiger charge is -2.18. The third kappa shape index (κ3) is 5.98. The quantitative estimate of drug-likeness (QED) is 0.522. The average molecular weight is 362 g/mol. The van der Waals surface area contributed by atoms with Crippen LogP contribution in [0.5, 0.6) is 0 Å². The van der Waals surface area contributed by atoms with Crippen LogP contribution in [0.2, 0.25) is 0 Å². The predicted molar refractivity (Wildman–Crippen MR) is 90.7 cm³/mol. The largest absolute Gasteiger partial charge is 0.545 e. The third-order valence-corrected chi connectivity index (χ3v) is 4.88. The maximum Gasteiger partial charge on any atom is 0.471 e. The summed E-state index contributed by atoms with van der Waals surface area (Å²) in [7, 11) is -5.77. The van der Waals surface area contributed by atoms with Crippen LogP contribution in [0.25, 0.3) is 0 Å². The molecule has 0 spiro atoms. The molecule has 0 saturated carbocycles. The number of rotatable bonds is 8. The summed E-state index contributed by atoms with van der Waals surface area (Å²) in [6.45, 7) is 0. The van der Waals surface area contributed by atoms with Crippen molar-refractivity contribution in [1.82, 2.24) is 4.72 Å². The van der Waals surface area contributed by atoms with Crippen molar-refractivity contribution < 1.29 is 28.4 Å². The first-order valence-electron chi connectivity index (χ1n) is 7.47. The van der Waals surface area contributed by atoms with Gasteiger partial charge in [0.05, 0.1) is 17.7 Å². The fourth-order valence-corrected chi connectivity index (χ4v) is 3.73. The lowest BCUT2D eigenvalue weighted by molar-refractivity contribution is -0.255. The van der Waals surface area contributed by atoms with Crippen LogP contribution in [-0.2, 0) is 22.2 Å². The molecule has 25 heavy (non-hydrogen) atoms. The highest BCUT2D eigenvalue weighted by Crippen LogP contribution is 2.11. The molecule has 2 aromatic rings. The number of carbonyl (C=O) groups is 1. The van der Waals surface area contributed by atoms with E-state index in [4.69, 9.17) is 0 Å². The summed E-state index contributed by atoms with van der Waals surface area (Å²) in [4.78, 5) is 10.9. The van der Waals surface area contributed by atoms with E-state index < -0.39 is 29.1 Å². The topological polar surface area (TPSA) is 127 Å². The van der Waals surface area contributed by atoms with Gasteiger partial charge in [-0.2, -0.15) is 0 Å². The molecule has 0 aliphatic carbocycles. The van der Waals surface area contributed by atoms with Crippen molar-refractivity contribution in [3.05, 3.63) is 71.3 Å². The van der Waals surface area contributed by atoms with Crippen molar-refractivity contribution >= 4 is 23.1 Å². The van der Waals surface area contributed by atoms with E-state index in [0.29, 0.717) is 11.1 Å². The van der Waals surface area contributed by atoms with Crippen molar-refractivity contribution in [1.29, 1.82) is 0 Å². The van der Waals surface area contributed by atoms with Gasteiger partial charge in [0, 0.05) is 0 Å². The molecule has 0 amide bonds. The number of carboxylic acids is 1. The Labute approximate surface area is 146 Å². The minimum absolute atomic E-state index is 0.0733. The van der Waals surface area contributed by atoms with Gasteiger partial charge in [0.1, 0.15) is 0 Å². The SMILES string of the molecule is O=C([O-])c1cccc(C[C@H](NS(=O)(=O)Cc2ccccc2)B(O)O)c1. The monoisotopic (exact) mass is 362 g/mol. The second-order valence-corrected chi connectivity index (χ2v) is 7.33. The molecule has 132 valence electrons. The van der Waals surface area contributed by atoms with Gasteiger partial charge in [0.25, 0.3) is 0 Å². The van der Waals surface area contributed by atoms with Gasteiger partial charge in [-0.1, -0.05) is 48.5 Å². The molecule has 0 heterocycles. The van der Waals surface area contributed by atoms with E-state index in [1.165, 1.54) is 18.2 Å². The molecule has 0 aliphatic rings. The normalized spacial score (nSPS) is 12.6. The molecule has 0 aromatic heterocycles. The molecule has 7 nitrogen and oxygen atoms in total. The lowest BCUT2D eigenvalue weighted by Crippen LogP contribution is -2.48. The number of carbonyl (C=O) groups excluding carboxylic acids is 1. The Hall–Kier alpha value is -2.20. The van der Waals surface area contributed by atoms with E-state index in [0.717, 1.165) is 0 Å². The smallest absolute Gasteiger partial charge is 0.471 e. The summed E-state index contributed by atoms with van der Waals surface area (Å²) >= 11 is 0. The van der Waals surface area contributed by atoms with Crippen LogP contribution in [0.3, 0.4) is 0 Å². The fraction of sp³-hybridized carbons (Fsp3) is 0.188. The van der Waals surface area contributed by atoms with Gasteiger partial charge in [-0.25, -0.2) is 13.1 Å². The molecule has 2 rings (SSSR count). The highest BCUT2D eigenvalue weighted by atomic mass is 32.2. The van der Waals surface area contributed by atoms with E-state index in [1.807, 2.05) is 0 Å². The van der Waals surface area contributed by atoms with Gasteiger partial charge in [-0.3, -0.25) is 0 Å². The average Bonchev–Trinajstić information content (AvgIpc) is 2.54. The third-order valence-electron chi connectivity index (χ3n) is 3.51. The molecule has 0 radical (unpaired) electrons. The van der Waals surface area contributed by atoms with E-state index in [2.05, 4.69) is 4.72 Å². The van der Waals surface area contributed by atoms with Crippen LogP contribution in [0.4, 0.5) is 0 Å². The van der Waals surface area contributed by atoms with Crippen LogP contribution < -0.4 is 9.83 Å².